The highest BCUT2D eigenvalue weighted by atomic mass is 16.5. The zero-order chi connectivity index (χ0) is 16.7. The molecule has 0 aliphatic rings. The lowest BCUT2D eigenvalue weighted by molar-refractivity contribution is -0.116. The predicted molar refractivity (Wildman–Crippen MR) is 95.1 cm³/mol. The summed E-state index contributed by atoms with van der Waals surface area (Å²) in [5.74, 6) is 0.985. The van der Waals surface area contributed by atoms with Gasteiger partial charge in [0.15, 0.2) is 0 Å². The van der Waals surface area contributed by atoms with Gasteiger partial charge in [-0.1, -0.05) is 37.3 Å². The fourth-order valence-electron chi connectivity index (χ4n) is 2.71. The molecule has 1 amide bonds. The first kappa shape index (κ1) is 17.1. The normalized spacial score (nSPS) is 10.4. The summed E-state index contributed by atoms with van der Waals surface area (Å²) >= 11 is 0. The van der Waals surface area contributed by atoms with E-state index in [2.05, 4.69) is 30.4 Å². The lowest BCUT2D eigenvalue weighted by Crippen LogP contribution is -2.12. The quantitative estimate of drug-likeness (QED) is 0.816. The van der Waals surface area contributed by atoms with E-state index < -0.39 is 0 Å². The molecule has 2 aromatic carbocycles. The maximum absolute atomic E-state index is 12.1. The highest BCUT2D eigenvalue weighted by Gasteiger charge is 2.06. The molecule has 0 radical (unpaired) electrons. The third kappa shape index (κ3) is 4.85. The number of hydrogen-bond donors (Lipinski definition) is 1. The molecule has 0 saturated heterocycles. The van der Waals surface area contributed by atoms with Gasteiger partial charge in [-0.3, -0.25) is 4.79 Å². The molecule has 0 saturated carbocycles. The van der Waals surface area contributed by atoms with Gasteiger partial charge in [0.25, 0.3) is 0 Å². The molecule has 3 heteroatoms. The zero-order valence-corrected chi connectivity index (χ0v) is 14.2. The van der Waals surface area contributed by atoms with E-state index in [9.17, 15) is 4.79 Å². The van der Waals surface area contributed by atoms with Gasteiger partial charge < -0.3 is 10.1 Å². The van der Waals surface area contributed by atoms with Gasteiger partial charge in [-0.05, 0) is 55.0 Å². The number of hydrogen-bond acceptors (Lipinski definition) is 2. The molecule has 0 aromatic heterocycles. The van der Waals surface area contributed by atoms with Crippen molar-refractivity contribution in [1.29, 1.82) is 0 Å². The first-order chi connectivity index (χ1) is 11.1. The van der Waals surface area contributed by atoms with Crippen molar-refractivity contribution >= 4 is 11.6 Å². The van der Waals surface area contributed by atoms with Crippen LogP contribution >= 0.6 is 0 Å². The van der Waals surface area contributed by atoms with Gasteiger partial charge in [0, 0.05) is 12.1 Å². The average Bonchev–Trinajstić information content (AvgIpc) is 2.55. The van der Waals surface area contributed by atoms with E-state index in [4.69, 9.17) is 4.74 Å². The van der Waals surface area contributed by atoms with Crippen LogP contribution in [0.3, 0.4) is 0 Å². The van der Waals surface area contributed by atoms with Gasteiger partial charge in [0.1, 0.15) is 5.75 Å². The fourth-order valence-corrected chi connectivity index (χ4v) is 2.71. The second-order valence-corrected chi connectivity index (χ2v) is 5.72. The number of carbonyl (C=O) groups is 1. The van der Waals surface area contributed by atoms with Gasteiger partial charge in [-0.2, -0.15) is 0 Å². The highest BCUT2D eigenvalue weighted by molar-refractivity contribution is 5.91. The minimum absolute atomic E-state index is 0.0798. The van der Waals surface area contributed by atoms with Crippen LogP contribution in [-0.4, -0.2) is 13.0 Å². The summed E-state index contributed by atoms with van der Waals surface area (Å²) < 4.78 is 5.27. The molecule has 0 unspecified atom stereocenters. The van der Waals surface area contributed by atoms with Crippen LogP contribution in [0.25, 0.3) is 0 Å². The van der Waals surface area contributed by atoms with Crippen LogP contribution in [0, 0.1) is 6.92 Å². The van der Waals surface area contributed by atoms with Gasteiger partial charge in [0.05, 0.1) is 7.11 Å². The Labute approximate surface area is 138 Å². The minimum atomic E-state index is 0.0798. The number of benzene rings is 2. The molecule has 0 heterocycles. The van der Waals surface area contributed by atoms with Crippen molar-refractivity contribution in [2.75, 3.05) is 12.4 Å². The standard InChI is InChI=1S/C20H25NO2/c1-4-17-9-5-6-10-18(17)21-20(22)11-7-8-16-12-13-19(23-3)15(2)14-16/h5-6,9-10,12-14H,4,7-8,11H2,1-3H3,(H,21,22). The van der Waals surface area contributed by atoms with E-state index in [1.807, 2.05) is 31.2 Å². The Morgan fingerprint density at radius 3 is 2.65 bits per heavy atom. The number of para-hydroxylation sites is 1. The van der Waals surface area contributed by atoms with E-state index in [-0.39, 0.29) is 5.91 Å². The third-order valence-corrected chi connectivity index (χ3v) is 4.00. The molecule has 2 aromatic rings. The molecule has 122 valence electrons. The number of carbonyl (C=O) groups excluding carboxylic acids is 1. The first-order valence-corrected chi connectivity index (χ1v) is 8.15. The Bertz CT molecular complexity index is 664. The maximum atomic E-state index is 12.1. The van der Waals surface area contributed by atoms with Crippen molar-refractivity contribution < 1.29 is 9.53 Å². The first-order valence-electron chi connectivity index (χ1n) is 8.15. The number of nitrogens with one attached hydrogen (secondary N) is 1. The molecule has 1 N–H and O–H groups in total. The molecule has 0 bridgehead atoms. The SMILES string of the molecule is CCc1ccccc1NC(=O)CCCc1ccc(OC)c(C)c1. The summed E-state index contributed by atoms with van der Waals surface area (Å²) in [6.45, 7) is 4.13. The lowest BCUT2D eigenvalue weighted by atomic mass is 10.0. The van der Waals surface area contributed by atoms with E-state index in [0.29, 0.717) is 6.42 Å². The van der Waals surface area contributed by atoms with Crippen molar-refractivity contribution in [3.05, 3.63) is 59.2 Å². The third-order valence-electron chi connectivity index (χ3n) is 4.00. The summed E-state index contributed by atoms with van der Waals surface area (Å²) in [4.78, 5) is 12.1. The Hall–Kier alpha value is -2.29. The smallest absolute Gasteiger partial charge is 0.224 e. The molecule has 0 atom stereocenters. The van der Waals surface area contributed by atoms with Gasteiger partial charge in [-0.25, -0.2) is 0 Å². The minimum Gasteiger partial charge on any atom is -0.496 e. The Morgan fingerprint density at radius 1 is 1.17 bits per heavy atom. The molecule has 3 nitrogen and oxygen atoms in total. The van der Waals surface area contributed by atoms with Gasteiger partial charge >= 0.3 is 0 Å². The summed E-state index contributed by atoms with van der Waals surface area (Å²) in [6, 6.07) is 14.1. The predicted octanol–water partition coefficient (Wildman–Crippen LogP) is 4.53. The van der Waals surface area contributed by atoms with Crippen LogP contribution < -0.4 is 10.1 Å². The van der Waals surface area contributed by atoms with Crippen LogP contribution in [0.5, 0.6) is 5.75 Å². The van der Waals surface area contributed by atoms with Crippen molar-refractivity contribution in [3.63, 3.8) is 0 Å². The van der Waals surface area contributed by atoms with E-state index in [1.165, 1.54) is 11.1 Å². The number of rotatable bonds is 7. The Morgan fingerprint density at radius 2 is 1.96 bits per heavy atom. The van der Waals surface area contributed by atoms with Crippen molar-refractivity contribution in [2.24, 2.45) is 0 Å². The molecule has 0 aliphatic carbocycles. The number of aryl methyl sites for hydroxylation is 3. The maximum Gasteiger partial charge on any atom is 0.224 e. The van der Waals surface area contributed by atoms with Crippen molar-refractivity contribution in [3.8, 4) is 5.75 Å². The Kier molecular flexibility index (Phi) is 6.21. The van der Waals surface area contributed by atoms with E-state index in [1.54, 1.807) is 7.11 Å². The summed E-state index contributed by atoms with van der Waals surface area (Å²) in [5.41, 5.74) is 4.48. The molecule has 2 rings (SSSR count). The number of anilines is 1. The summed E-state index contributed by atoms with van der Waals surface area (Å²) in [6.07, 6.45) is 3.18. The number of amides is 1. The Balaban J connectivity index is 1.84. The number of ether oxygens (including phenoxy) is 1. The monoisotopic (exact) mass is 311 g/mol. The lowest BCUT2D eigenvalue weighted by Gasteiger charge is -2.10. The van der Waals surface area contributed by atoms with E-state index in [0.717, 1.165) is 36.3 Å². The molecule has 0 spiro atoms. The van der Waals surface area contributed by atoms with Crippen LogP contribution in [0.15, 0.2) is 42.5 Å². The van der Waals surface area contributed by atoms with E-state index >= 15 is 0 Å². The average molecular weight is 311 g/mol. The van der Waals surface area contributed by atoms with Crippen LogP contribution in [0.2, 0.25) is 0 Å². The topological polar surface area (TPSA) is 38.3 Å². The largest absolute Gasteiger partial charge is 0.496 e. The van der Waals surface area contributed by atoms with Crippen LogP contribution in [0.4, 0.5) is 5.69 Å². The highest BCUT2D eigenvalue weighted by Crippen LogP contribution is 2.20. The fraction of sp³-hybridized carbons (Fsp3) is 0.350. The summed E-state index contributed by atoms with van der Waals surface area (Å²) in [7, 11) is 1.68. The second-order valence-electron chi connectivity index (χ2n) is 5.72. The van der Waals surface area contributed by atoms with Crippen molar-refractivity contribution in [1.82, 2.24) is 0 Å². The van der Waals surface area contributed by atoms with Crippen LogP contribution in [-0.2, 0) is 17.6 Å². The molecule has 23 heavy (non-hydrogen) atoms. The summed E-state index contributed by atoms with van der Waals surface area (Å²) in [5, 5.41) is 3.02. The molecule has 0 fully saturated rings. The number of methoxy groups -OCH3 is 1. The van der Waals surface area contributed by atoms with Crippen LogP contribution in [0.1, 0.15) is 36.5 Å². The molecular formula is C20H25NO2. The van der Waals surface area contributed by atoms with Gasteiger partial charge in [0.2, 0.25) is 5.91 Å². The molecule has 0 aliphatic heterocycles. The zero-order valence-electron chi connectivity index (χ0n) is 14.2. The second kappa shape index (κ2) is 8.37. The molecular weight excluding hydrogens is 286 g/mol. The van der Waals surface area contributed by atoms with Crippen molar-refractivity contribution in [2.45, 2.75) is 39.5 Å². The van der Waals surface area contributed by atoms with Gasteiger partial charge in [-0.15, -0.1) is 0 Å².